The Morgan fingerprint density at radius 2 is 1.59 bits per heavy atom. The fourth-order valence-corrected chi connectivity index (χ4v) is 3.28. The summed E-state index contributed by atoms with van der Waals surface area (Å²) in [6.45, 7) is 7.14. The number of allylic oxidation sites excluding steroid dienone is 1. The summed E-state index contributed by atoms with van der Waals surface area (Å²) in [5, 5.41) is 0. The highest BCUT2D eigenvalue weighted by molar-refractivity contribution is 6.07. The third-order valence-electron chi connectivity index (χ3n) is 4.83. The van der Waals surface area contributed by atoms with Gasteiger partial charge in [-0.25, -0.2) is 0 Å². The molecule has 9 heteroatoms. The van der Waals surface area contributed by atoms with Crippen LogP contribution >= 0.6 is 12.4 Å². The van der Waals surface area contributed by atoms with Gasteiger partial charge in [0.2, 0.25) is 5.91 Å². The SMILES string of the molecule is CCC(CC)N1CCN(C(=O)/C=C/C(=O)c2ccc(OC(F)(F)F)cc2)CC1.Cl. The molecule has 1 saturated heterocycles. The zero-order chi connectivity index (χ0) is 20.7. The van der Waals surface area contributed by atoms with E-state index in [4.69, 9.17) is 0 Å². The summed E-state index contributed by atoms with van der Waals surface area (Å²) in [5.41, 5.74) is 0.178. The summed E-state index contributed by atoms with van der Waals surface area (Å²) in [4.78, 5) is 28.5. The van der Waals surface area contributed by atoms with Crippen LogP contribution in [0, 0.1) is 0 Å². The monoisotopic (exact) mass is 434 g/mol. The van der Waals surface area contributed by atoms with Crippen molar-refractivity contribution in [2.24, 2.45) is 0 Å². The quantitative estimate of drug-likeness (QED) is 0.479. The summed E-state index contributed by atoms with van der Waals surface area (Å²) in [7, 11) is 0. The molecule has 0 bridgehead atoms. The average molecular weight is 435 g/mol. The van der Waals surface area contributed by atoms with Crippen LogP contribution in [0.3, 0.4) is 0 Å². The lowest BCUT2D eigenvalue weighted by Crippen LogP contribution is -2.51. The first-order valence-corrected chi connectivity index (χ1v) is 9.34. The average Bonchev–Trinajstić information content (AvgIpc) is 2.66. The molecule has 2 rings (SSSR count). The van der Waals surface area contributed by atoms with E-state index in [1.165, 1.54) is 18.2 Å². The molecule has 29 heavy (non-hydrogen) atoms. The topological polar surface area (TPSA) is 49.9 Å². The fraction of sp³-hybridized carbons (Fsp3) is 0.500. The molecular formula is C20H26ClF3N2O3. The van der Waals surface area contributed by atoms with Gasteiger partial charge in [0.05, 0.1) is 0 Å². The lowest BCUT2D eigenvalue weighted by atomic mass is 10.1. The van der Waals surface area contributed by atoms with E-state index in [0.29, 0.717) is 19.1 Å². The molecule has 0 radical (unpaired) electrons. The van der Waals surface area contributed by atoms with E-state index in [9.17, 15) is 22.8 Å². The van der Waals surface area contributed by atoms with Crippen molar-refractivity contribution in [3.8, 4) is 5.75 Å². The highest BCUT2D eigenvalue weighted by atomic mass is 35.5. The van der Waals surface area contributed by atoms with Crippen LogP contribution in [0.25, 0.3) is 0 Å². The second kappa shape index (κ2) is 11.2. The van der Waals surface area contributed by atoms with Gasteiger partial charge in [-0.1, -0.05) is 13.8 Å². The highest BCUT2D eigenvalue weighted by Gasteiger charge is 2.31. The molecule has 1 aromatic rings. The number of ether oxygens (including phenoxy) is 1. The van der Waals surface area contributed by atoms with Crippen molar-refractivity contribution in [3.63, 3.8) is 0 Å². The number of benzene rings is 1. The number of amides is 1. The van der Waals surface area contributed by atoms with E-state index in [2.05, 4.69) is 23.5 Å². The zero-order valence-electron chi connectivity index (χ0n) is 16.4. The minimum Gasteiger partial charge on any atom is -0.406 e. The van der Waals surface area contributed by atoms with Crippen LogP contribution in [0.15, 0.2) is 36.4 Å². The van der Waals surface area contributed by atoms with Crippen molar-refractivity contribution in [2.45, 2.75) is 39.1 Å². The van der Waals surface area contributed by atoms with Crippen LogP contribution in [0.5, 0.6) is 5.75 Å². The first kappa shape index (κ1) is 25.0. The predicted octanol–water partition coefficient (Wildman–Crippen LogP) is 4.08. The minimum absolute atomic E-state index is 0. The summed E-state index contributed by atoms with van der Waals surface area (Å²) >= 11 is 0. The molecule has 1 fully saturated rings. The van der Waals surface area contributed by atoms with Crippen LogP contribution in [-0.2, 0) is 4.79 Å². The summed E-state index contributed by atoms with van der Waals surface area (Å²) in [5.74, 6) is -1.10. The van der Waals surface area contributed by atoms with Crippen LogP contribution in [0.2, 0.25) is 0 Å². The first-order valence-electron chi connectivity index (χ1n) is 9.34. The number of hydrogen-bond donors (Lipinski definition) is 0. The number of carbonyl (C=O) groups excluding carboxylic acids is 2. The van der Waals surface area contributed by atoms with Gasteiger partial charge in [-0.2, -0.15) is 0 Å². The second-order valence-electron chi connectivity index (χ2n) is 6.60. The van der Waals surface area contributed by atoms with Gasteiger partial charge in [0.1, 0.15) is 5.75 Å². The summed E-state index contributed by atoms with van der Waals surface area (Å²) < 4.78 is 40.2. The zero-order valence-corrected chi connectivity index (χ0v) is 17.3. The maximum absolute atomic E-state index is 12.3. The lowest BCUT2D eigenvalue weighted by molar-refractivity contribution is -0.274. The van der Waals surface area contributed by atoms with E-state index in [0.717, 1.165) is 44.1 Å². The first-order chi connectivity index (χ1) is 13.2. The number of carbonyl (C=O) groups is 2. The molecule has 0 aliphatic carbocycles. The standard InChI is InChI=1S/C20H25F3N2O3.ClH/c1-3-16(4-2)24-11-13-25(14-12-24)19(27)10-9-18(26)15-5-7-17(8-6-15)28-20(21,22)23;/h5-10,16H,3-4,11-14H2,1-2H3;1H/b10-9+;. The van der Waals surface area contributed by atoms with Crippen LogP contribution in [0.1, 0.15) is 37.0 Å². The molecule has 0 unspecified atom stereocenters. The molecule has 1 aliphatic rings. The number of rotatable bonds is 7. The van der Waals surface area contributed by atoms with Gasteiger partial charge in [-0.05, 0) is 43.2 Å². The van der Waals surface area contributed by atoms with Gasteiger partial charge in [0.25, 0.3) is 0 Å². The molecule has 0 saturated carbocycles. The van der Waals surface area contributed by atoms with Gasteiger partial charge in [0, 0.05) is 43.9 Å². The molecule has 0 atom stereocenters. The van der Waals surface area contributed by atoms with E-state index < -0.39 is 17.9 Å². The molecule has 1 heterocycles. The number of ketones is 1. The maximum atomic E-state index is 12.3. The Balaban J connectivity index is 0.00000420. The smallest absolute Gasteiger partial charge is 0.406 e. The molecule has 1 aliphatic heterocycles. The van der Waals surface area contributed by atoms with Crippen molar-refractivity contribution in [1.29, 1.82) is 0 Å². The van der Waals surface area contributed by atoms with E-state index in [1.54, 1.807) is 4.90 Å². The molecule has 0 N–H and O–H groups in total. The minimum atomic E-state index is -4.78. The van der Waals surface area contributed by atoms with Crippen LogP contribution in [0.4, 0.5) is 13.2 Å². The molecule has 162 valence electrons. The Labute approximate surface area is 174 Å². The predicted molar refractivity (Wildman–Crippen MR) is 106 cm³/mol. The van der Waals surface area contributed by atoms with Crippen LogP contribution in [-0.4, -0.2) is 60.1 Å². The number of hydrogen-bond acceptors (Lipinski definition) is 4. The van der Waals surface area contributed by atoms with Crippen molar-refractivity contribution >= 4 is 24.1 Å². The molecule has 0 spiro atoms. The summed E-state index contributed by atoms with van der Waals surface area (Å²) in [6, 6.07) is 5.11. The number of piperazine rings is 1. The van der Waals surface area contributed by atoms with Gasteiger partial charge in [0.15, 0.2) is 5.78 Å². The van der Waals surface area contributed by atoms with E-state index >= 15 is 0 Å². The largest absolute Gasteiger partial charge is 0.573 e. The normalized spacial score (nSPS) is 15.4. The third-order valence-corrected chi connectivity index (χ3v) is 4.83. The van der Waals surface area contributed by atoms with Crippen molar-refractivity contribution in [2.75, 3.05) is 26.2 Å². The highest BCUT2D eigenvalue weighted by Crippen LogP contribution is 2.23. The molecule has 1 amide bonds. The Kier molecular flexibility index (Phi) is 9.65. The molecule has 1 aromatic carbocycles. The lowest BCUT2D eigenvalue weighted by Gasteiger charge is -2.38. The molecular weight excluding hydrogens is 409 g/mol. The van der Waals surface area contributed by atoms with Crippen molar-refractivity contribution in [1.82, 2.24) is 9.80 Å². The van der Waals surface area contributed by atoms with Gasteiger partial charge < -0.3 is 9.64 Å². The molecule has 5 nitrogen and oxygen atoms in total. The fourth-order valence-electron chi connectivity index (χ4n) is 3.28. The van der Waals surface area contributed by atoms with Crippen molar-refractivity contribution < 1.29 is 27.5 Å². The Morgan fingerprint density at radius 3 is 2.07 bits per heavy atom. The number of nitrogens with zero attached hydrogens (tertiary/aromatic N) is 2. The van der Waals surface area contributed by atoms with Crippen LogP contribution < -0.4 is 4.74 Å². The summed E-state index contributed by atoms with van der Waals surface area (Å²) in [6.07, 6.45) is -0.266. The van der Waals surface area contributed by atoms with E-state index in [-0.39, 0.29) is 23.9 Å². The molecule has 0 aromatic heterocycles. The van der Waals surface area contributed by atoms with Gasteiger partial charge in [-0.3, -0.25) is 14.5 Å². The Hall–Kier alpha value is -2.06. The number of halogens is 4. The maximum Gasteiger partial charge on any atom is 0.573 e. The van der Waals surface area contributed by atoms with E-state index in [1.807, 2.05) is 0 Å². The number of alkyl halides is 3. The Bertz CT molecular complexity index is 696. The van der Waals surface area contributed by atoms with Gasteiger partial charge >= 0.3 is 6.36 Å². The second-order valence-corrected chi connectivity index (χ2v) is 6.60. The van der Waals surface area contributed by atoms with Gasteiger partial charge in [-0.15, -0.1) is 25.6 Å². The third kappa shape index (κ3) is 7.70. The van der Waals surface area contributed by atoms with Crippen molar-refractivity contribution in [3.05, 3.63) is 42.0 Å². The Morgan fingerprint density at radius 1 is 1.03 bits per heavy atom.